The summed E-state index contributed by atoms with van der Waals surface area (Å²) in [5.41, 5.74) is 2.77. The van der Waals surface area contributed by atoms with Crippen molar-refractivity contribution in [3.63, 3.8) is 0 Å². The first kappa shape index (κ1) is 13.9. The number of nitrogens with one attached hydrogen (secondary N) is 1. The van der Waals surface area contributed by atoms with Gasteiger partial charge in [-0.15, -0.1) is 0 Å². The zero-order chi connectivity index (χ0) is 13.8. The van der Waals surface area contributed by atoms with E-state index in [4.69, 9.17) is 4.98 Å². The van der Waals surface area contributed by atoms with E-state index in [1.165, 1.54) is 63.0 Å². The SMILES string of the molecule is CC(CNc1ccc2c(n1)CCC2)CN1CCCCC1. The Morgan fingerprint density at radius 3 is 2.85 bits per heavy atom. The maximum Gasteiger partial charge on any atom is 0.126 e. The van der Waals surface area contributed by atoms with Crippen LogP contribution in [0, 0.1) is 5.92 Å². The molecule has 3 nitrogen and oxygen atoms in total. The van der Waals surface area contributed by atoms with E-state index in [0.29, 0.717) is 5.92 Å². The fourth-order valence-corrected chi connectivity index (χ4v) is 3.45. The summed E-state index contributed by atoms with van der Waals surface area (Å²) in [6.07, 6.45) is 7.83. The largest absolute Gasteiger partial charge is 0.370 e. The molecular formula is C17H27N3. The van der Waals surface area contributed by atoms with Crippen LogP contribution >= 0.6 is 0 Å². The fraction of sp³-hybridized carbons (Fsp3) is 0.706. The number of anilines is 1. The molecule has 1 unspecified atom stereocenters. The molecule has 0 amide bonds. The van der Waals surface area contributed by atoms with Crippen LogP contribution in [0.15, 0.2) is 12.1 Å². The maximum absolute atomic E-state index is 4.75. The third kappa shape index (κ3) is 3.51. The number of hydrogen-bond acceptors (Lipinski definition) is 3. The van der Waals surface area contributed by atoms with Crippen molar-refractivity contribution in [3.8, 4) is 0 Å². The van der Waals surface area contributed by atoms with Gasteiger partial charge in [-0.2, -0.15) is 0 Å². The Hall–Kier alpha value is -1.09. The Morgan fingerprint density at radius 2 is 2.00 bits per heavy atom. The minimum absolute atomic E-state index is 0.683. The average molecular weight is 273 g/mol. The van der Waals surface area contributed by atoms with Crippen molar-refractivity contribution in [1.82, 2.24) is 9.88 Å². The van der Waals surface area contributed by atoms with Crippen LogP contribution in [0.25, 0.3) is 0 Å². The molecule has 110 valence electrons. The molecule has 1 saturated heterocycles. The number of likely N-dealkylation sites (tertiary alicyclic amines) is 1. The quantitative estimate of drug-likeness (QED) is 0.893. The van der Waals surface area contributed by atoms with E-state index in [0.717, 1.165) is 18.8 Å². The number of rotatable bonds is 5. The third-order valence-electron chi connectivity index (χ3n) is 4.58. The first-order valence-corrected chi connectivity index (χ1v) is 8.26. The summed E-state index contributed by atoms with van der Waals surface area (Å²) < 4.78 is 0. The minimum atomic E-state index is 0.683. The molecule has 0 bridgehead atoms. The predicted octanol–water partition coefficient (Wildman–Crippen LogP) is 3.10. The molecule has 3 rings (SSSR count). The van der Waals surface area contributed by atoms with E-state index in [2.05, 4.69) is 29.3 Å². The molecule has 1 N–H and O–H groups in total. The fourth-order valence-electron chi connectivity index (χ4n) is 3.45. The molecule has 0 saturated carbocycles. The lowest BCUT2D eigenvalue weighted by atomic mass is 10.1. The number of aryl methyl sites for hydroxylation is 2. The normalized spacial score (nSPS) is 20.6. The van der Waals surface area contributed by atoms with Crippen LogP contribution in [0.3, 0.4) is 0 Å². The van der Waals surface area contributed by atoms with Gasteiger partial charge in [0.1, 0.15) is 5.82 Å². The Balaban J connectivity index is 1.46. The second-order valence-corrected chi connectivity index (χ2v) is 6.50. The van der Waals surface area contributed by atoms with Gasteiger partial charge in [0.05, 0.1) is 0 Å². The first-order chi connectivity index (χ1) is 9.81. The summed E-state index contributed by atoms with van der Waals surface area (Å²) in [6, 6.07) is 4.41. The Kier molecular flexibility index (Phi) is 4.56. The summed E-state index contributed by atoms with van der Waals surface area (Å²) in [5, 5.41) is 3.53. The van der Waals surface area contributed by atoms with Crippen molar-refractivity contribution >= 4 is 5.82 Å². The maximum atomic E-state index is 4.75. The molecular weight excluding hydrogens is 246 g/mol. The van der Waals surface area contributed by atoms with E-state index in [-0.39, 0.29) is 0 Å². The molecule has 1 aliphatic heterocycles. The Labute approximate surface area is 122 Å². The highest BCUT2D eigenvalue weighted by Crippen LogP contribution is 2.21. The van der Waals surface area contributed by atoms with E-state index < -0.39 is 0 Å². The van der Waals surface area contributed by atoms with Crippen LogP contribution in [0.1, 0.15) is 43.9 Å². The second-order valence-electron chi connectivity index (χ2n) is 6.50. The smallest absolute Gasteiger partial charge is 0.126 e. The molecule has 0 radical (unpaired) electrons. The summed E-state index contributed by atoms with van der Waals surface area (Å²) in [5.74, 6) is 1.75. The van der Waals surface area contributed by atoms with Gasteiger partial charge < -0.3 is 10.2 Å². The molecule has 1 atom stereocenters. The molecule has 20 heavy (non-hydrogen) atoms. The number of nitrogens with zero attached hydrogens (tertiary/aromatic N) is 2. The highest BCUT2D eigenvalue weighted by molar-refractivity contribution is 5.40. The van der Waals surface area contributed by atoms with Gasteiger partial charge in [-0.05, 0) is 62.7 Å². The topological polar surface area (TPSA) is 28.2 Å². The summed E-state index contributed by atoms with van der Waals surface area (Å²) in [6.45, 7) is 7.18. The van der Waals surface area contributed by atoms with Crippen molar-refractivity contribution in [2.45, 2.75) is 45.4 Å². The number of piperidine rings is 1. The molecule has 3 heteroatoms. The highest BCUT2D eigenvalue weighted by atomic mass is 15.1. The molecule has 1 aromatic heterocycles. The summed E-state index contributed by atoms with van der Waals surface area (Å²) in [7, 11) is 0. The van der Waals surface area contributed by atoms with Crippen molar-refractivity contribution in [2.24, 2.45) is 5.92 Å². The van der Waals surface area contributed by atoms with Crippen molar-refractivity contribution in [3.05, 3.63) is 23.4 Å². The van der Waals surface area contributed by atoms with Gasteiger partial charge in [0.2, 0.25) is 0 Å². The molecule has 0 aromatic carbocycles. The zero-order valence-corrected chi connectivity index (χ0v) is 12.7. The summed E-state index contributed by atoms with van der Waals surface area (Å²) >= 11 is 0. The van der Waals surface area contributed by atoms with Crippen LogP contribution in [0.2, 0.25) is 0 Å². The number of hydrogen-bond donors (Lipinski definition) is 1. The number of pyridine rings is 1. The Bertz CT molecular complexity index is 438. The zero-order valence-electron chi connectivity index (χ0n) is 12.7. The molecule has 1 aromatic rings. The third-order valence-corrected chi connectivity index (χ3v) is 4.58. The Morgan fingerprint density at radius 1 is 1.15 bits per heavy atom. The molecule has 2 aliphatic rings. The number of fused-ring (bicyclic) bond motifs is 1. The van der Waals surface area contributed by atoms with Crippen LogP contribution in [-0.4, -0.2) is 36.1 Å². The predicted molar refractivity (Wildman–Crippen MR) is 84.2 cm³/mol. The van der Waals surface area contributed by atoms with Crippen LogP contribution in [-0.2, 0) is 12.8 Å². The average Bonchev–Trinajstić information content (AvgIpc) is 2.93. The van der Waals surface area contributed by atoms with E-state index in [1.54, 1.807) is 0 Å². The highest BCUT2D eigenvalue weighted by Gasteiger charge is 2.15. The van der Waals surface area contributed by atoms with Crippen molar-refractivity contribution < 1.29 is 0 Å². The van der Waals surface area contributed by atoms with Gasteiger partial charge in [0.15, 0.2) is 0 Å². The van der Waals surface area contributed by atoms with Crippen LogP contribution < -0.4 is 5.32 Å². The van der Waals surface area contributed by atoms with Gasteiger partial charge in [-0.25, -0.2) is 4.98 Å². The van der Waals surface area contributed by atoms with Gasteiger partial charge in [-0.3, -0.25) is 0 Å². The second kappa shape index (κ2) is 6.57. The summed E-state index contributed by atoms with van der Waals surface area (Å²) in [4.78, 5) is 7.36. The van der Waals surface area contributed by atoms with E-state index >= 15 is 0 Å². The lowest BCUT2D eigenvalue weighted by Crippen LogP contribution is -2.35. The monoisotopic (exact) mass is 273 g/mol. The van der Waals surface area contributed by atoms with Gasteiger partial charge in [0.25, 0.3) is 0 Å². The van der Waals surface area contributed by atoms with Crippen molar-refractivity contribution in [2.75, 3.05) is 31.5 Å². The van der Waals surface area contributed by atoms with Crippen molar-refractivity contribution in [1.29, 1.82) is 0 Å². The van der Waals surface area contributed by atoms with Crippen LogP contribution in [0.5, 0.6) is 0 Å². The standard InChI is InChI=1S/C17H27N3/c1-14(13-20-10-3-2-4-11-20)12-18-17-9-8-15-6-5-7-16(15)19-17/h8-9,14H,2-7,10-13H2,1H3,(H,18,19). The molecule has 2 heterocycles. The van der Waals surface area contributed by atoms with E-state index in [9.17, 15) is 0 Å². The van der Waals surface area contributed by atoms with E-state index in [1.807, 2.05) is 0 Å². The van der Waals surface area contributed by atoms with Crippen LogP contribution in [0.4, 0.5) is 5.82 Å². The van der Waals surface area contributed by atoms with Gasteiger partial charge in [-0.1, -0.05) is 19.4 Å². The minimum Gasteiger partial charge on any atom is -0.370 e. The van der Waals surface area contributed by atoms with Gasteiger partial charge >= 0.3 is 0 Å². The lowest BCUT2D eigenvalue weighted by Gasteiger charge is -2.29. The molecule has 0 spiro atoms. The molecule has 1 fully saturated rings. The lowest BCUT2D eigenvalue weighted by molar-refractivity contribution is 0.204. The van der Waals surface area contributed by atoms with Gasteiger partial charge in [0, 0.05) is 18.8 Å². The first-order valence-electron chi connectivity index (χ1n) is 8.26. The number of aromatic nitrogens is 1. The molecule has 1 aliphatic carbocycles.